The Bertz CT molecular complexity index is 454. The SMILES string of the molecule is Nc1ccc(Cc2ccccc2O)nn1. The summed E-state index contributed by atoms with van der Waals surface area (Å²) in [5.41, 5.74) is 7.04. The molecule has 1 heterocycles. The average Bonchev–Trinajstić information content (AvgIpc) is 2.25. The van der Waals surface area contributed by atoms with E-state index in [0.717, 1.165) is 11.3 Å². The van der Waals surface area contributed by atoms with Crippen LogP contribution in [0.4, 0.5) is 5.82 Å². The van der Waals surface area contributed by atoms with E-state index in [1.54, 1.807) is 24.3 Å². The highest BCUT2D eigenvalue weighted by molar-refractivity contribution is 5.35. The minimum absolute atomic E-state index is 0.274. The fourth-order valence-electron chi connectivity index (χ4n) is 1.32. The predicted molar refractivity (Wildman–Crippen MR) is 57.4 cm³/mol. The van der Waals surface area contributed by atoms with Crippen LogP contribution in [0, 0.1) is 0 Å². The summed E-state index contributed by atoms with van der Waals surface area (Å²) in [6.45, 7) is 0. The highest BCUT2D eigenvalue weighted by Crippen LogP contribution is 2.18. The lowest BCUT2D eigenvalue weighted by atomic mass is 10.1. The Morgan fingerprint density at radius 3 is 2.53 bits per heavy atom. The molecule has 0 aliphatic carbocycles. The Kier molecular flexibility index (Phi) is 2.49. The molecule has 0 atom stereocenters. The van der Waals surface area contributed by atoms with Gasteiger partial charge in [-0.15, -0.1) is 5.10 Å². The van der Waals surface area contributed by atoms with Gasteiger partial charge in [-0.25, -0.2) is 0 Å². The van der Waals surface area contributed by atoms with Crippen LogP contribution < -0.4 is 5.73 Å². The van der Waals surface area contributed by atoms with Gasteiger partial charge < -0.3 is 10.8 Å². The number of aromatic nitrogens is 2. The van der Waals surface area contributed by atoms with Crippen molar-refractivity contribution in [2.24, 2.45) is 0 Å². The molecule has 0 bridgehead atoms. The summed E-state index contributed by atoms with van der Waals surface area (Å²) in [4.78, 5) is 0. The summed E-state index contributed by atoms with van der Waals surface area (Å²) in [7, 11) is 0. The van der Waals surface area contributed by atoms with Gasteiger partial charge in [-0.05, 0) is 23.8 Å². The molecule has 1 aromatic heterocycles. The number of rotatable bonds is 2. The normalized spacial score (nSPS) is 10.1. The maximum Gasteiger partial charge on any atom is 0.146 e. The van der Waals surface area contributed by atoms with Crippen molar-refractivity contribution < 1.29 is 5.11 Å². The first-order valence-electron chi connectivity index (χ1n) is 4.60. The van der Waals surface area contributed by atoms with E-state index in [4.69, 9.17) is 5.73 Å². The number of nitrogens with zero attached hydrogens (tertiary/aromatic N) is 2. The monoisotopic (exact) mass is 201 g/mol. The van der Waals surface area contributed by atoms with Crippen molar-refractivity contribution in [2.75, 3.05) is 5.73 Å². The Morgan fingerprint density at radius 1 is 1.07 bits per heavy atom. The number of benzene rings is 1. The molecule has 4 nitrogen and oxygen atoms in total. The Morgan fingerprint density at radius 2 is 1.87 bits per heavy atom. The van der Waals surface area contributed by atoms with E-state index in [1.165, 1.54) is 0 Å². The maximum atomic E-state index is 9.55. The molecule has 0 spiro atoms. The smallest absolute Gasteiger partial charge is 0.146 e. The van der Waals surface area contributed by atoms with Gasteiger partial charge in [0, 0.05) is 6.42 Å². The summed E-state index contributed by atoms with van der Waals surface area (Å²) in [6.07, 6.45) is 0.556. The highest BCUT2D eigenvalue weighted by atomic mass is 16.3. The van der Waals surface area contributed by atoms with Crippen molar-refractivity contribution >= 4 is 5.82 Å². The largest absolute Gasteiger partial charge is 0.508 e. The number of anilines is 1. The topological polar surface area (TPSA) is 72.0 Å². The summed E-state index contributed by atoms with van der Waals surface area (Å²) in [6, 6.07) is 10.7. The number of phenols is 1. The highest BCUT2D eigenvalue weighted by Gasteiger charge is 2.02. The van der Waals surface area contributed by atoms with Crippen molar-refractivity contribution in [1.29, 1.82) is 0 Å². The van der Waals surface area contributed by atoms with Crippen LogP contribution in [0.1, 0.15) is 11.3 Å². The van der Waals surface area contributed by atoms with Gasteiger partial charge in [0.15, 0.2) is 0 Å². The van der Waals surface area contributed by atoms with Crippen molar-refractivity contribution in [3.63, 3.8) is 0 Å². The molecule has 15 heavy (non-hydrogen) atoms. The number of nitrogens with two attached hydrogens (primary N) is 1. The van der Waals surface area contributed by atoms with Gasteiger partial charge in [0.25, 0.3) is 0 Å². The molecule has 0 fully saturated rings. The van der Waals surface area contributed by atoms with E-state index in [0.29, 0.717) is 12.2 Å². The molecule has 1 aromatic carbocycles. The zero-order valence-electron chi connectivity index (χ0n) is 8.09. The van der Waals surface area contributed by atoms with Crippen molar-refractivity contribution in [1.82, 2.24) is 10.2 Å². The molecule has 0 saturated carbocycles. The second-order valence-electron chi connectivity index (χ2n) is 3.26. The number of hydrogen-bond acceptors (Lipinski definition) is 4. The molecular formula is C11H11N3O. The van der Waals surface area contributed by atoms with Gasteiger partial charge in [0.2, 0.25) is 0 Å². The molecule has 0 aliphatic rings. The van der Waals surface area contributed by atoms with E-state index in [2.05, 4.69) is 10.2 Å². The standard InChI is InChI=1S/C11H11N3O/c12-11-6-5-9(13-14-11)7-8-3-1-2-4-10(8)15/h1-6,15H,7H2,(H2,12,14). The minimum Gasteiger partial charge on any atom is -0.508 e. The lowest BCUT2D eigenvalue weighted by Gasteiger charge is -2.02. The number of hydrogen-bond donors (Lipinski definition) is 2. The summed E-state index contributed by atoms with van der Waals surface area (Å²) >= 11 is 0. The van der Waals surface area contributed by atoms with Gasteiger partial charge in [-0.1, -0.05) is 18.2 Å². The molecular weight excluding hydrogens is 190 g/mol. The number of phenolic OH excluding ortho intramolecular Hbond substituents is 1. The van der Waals surface area contributed by atoms with E-state index < -0.39 is 0 Å². The zero-order chi connectivity index (χ0) is 10.7. The molecule has 0 radical (unpaired) electrons. The molecule has 2 aromatic rings. The first kappa shape index (κ1) is 9.45. The third-order valence-corrected chi connectivity index (χ3v) is 2.10. The van der Waals surface area contributed by atoms with Gasteiger partial charge in [0.05, 0.1) is 5.69 Å². The van der Waals surface area contributed by atoms with Crippen LogP contribution in [0.25, 0.3) is 0 Å². The number of nitrogen functional groups attached to an aromatic ring is 1. The summed E-state index contributed by atoms with van der Waals surface area (Å²) < 4.78 is 0. The second kappa shape index (κ2) is 3.96. The van der Waals surface area contributed by atoms with Crippen LogP contribution in [0.3, 0.4) is 0 Å². The van der Waals surface area contributed by atoms with E-state index in [1.807, 2.05) is 12.1 Å². The Hall–Kier alpha value is -2.10. The predicted octanol–water partition coefficient (Wildman–Crippen LogP) is 1.36. The number of para-hydroxylation sites is 1. The fourth-order valence-corrected chi connectivity index (χ4v) is 1.32. The van der Waals surface area contributed by atoms with Gasteiger partial charge >= 0.3 is 0 Å². The molecule has 0 saturated heterocycles. The Balaban J connectivity index is 2.22. The van der Waals surface area contributed by atoms with Crippen LogP contribution in [-0.2, 0) is 6.42 Å². The van der Waals surface area contributed by atoms with E-state index in [9.17, 15) is 5.11 Å². The number of aromatic hydroxyl groups is 1. The molecule has 0 unspecified atom stereocenters. The second-order valence-corrected chi connectivity index (χ2v) is 3.26. The molecule has 2 rings (SSSR count). The van der Waals surface area contributed by atoms with Crippen molar-refractivity contribution in [3.8, 4) is 5.75 Å². The summed E-state index contributed by atoms with van der Waals surface area (Å²) in [5, 5.41) is 17.2. The van der Waals surface area contributed by atoms with Crippen LogP contribution in [0.5, 0.6) is 5.75 Å². The van der Waals surface area contributed by atoms with Gasteiger partial charge in [-0.3, -0.25) is 0 Å². The molecule has 0 amide bonds. The molecule has 76 valence electrons. The van der Waals surface area contributed by atoms with Gasteiger partial charge in [0.1, 0.15) is 11.6 Å². The van der Waals surface area contributed by atoms with Crippen LogP contribution in [-0.4, -0.2) is 15.3 Å². The van der Waals surface area contributed by atoms with Crippen molar-refractivity contribution in [2.45, 2.75) is 6.42 Å². The molecule has 0 aliphatic heterocycles. The molecule has 4 heteroatoms. The third-order valence-electron chi connectivity index (χ3n) is 2.10. The van der Waals surface area contributed by atoms with E-state index >= 15 is 0 Å². The average molecular weight is 201 g/mol. The maximum absolute atomic E-state index is 9.55. The minimum atomic E-state index is 0.274. The van der Waals surface area contributed by atoms with Crippen molar-refractivity contribution in [3.05, 3.63) is 47.7 Å². The lowest BCUT2D eigenvalue weighted by Crippen LogP contribution is -1.98. The molecule has 3 N–H and O–H groups in total. The zero-order valence-corrected chi connectivity index (χ0v) is 8.09. The van der Waals surface area contributed by atoms with Crippen LogP contribution in [0.15, 0.2) is 36.4 Å². The quantitative estimate of drug-likeness (QED) is 0.769. The first-order valence-corrected chi connectivity index (χ1v) is 4.60. The summed E-state index contributed by atoms with van der Waals surface area (Å²) in [5.74, 6) is 0.673. The Labute approximate surface area is 87.4 Å². The lowest BCUT2D eigenvalue weighted by molar-refractivity contribution is 0.469. The van der Waals surface area contributed by atoms with Crippen LogP contribution in [0.2, 0.25) is 0 Å². The van der Waals surface area contributed by atoms with Gasteiger partial charge in [-0.2, -0.15) is 5.10 Å². The van der Waals surface area contributed by atoms with E-state index in [-0.39, 0.29) is 5.75 Å². The fraction of sp³-hybridized carbons (Fsp3) is 0.0909. The third kappa shape index (κ3) is 2.22. The first-order chi connectivity index (χ1) is 7.25. The van der Waals surface area contributed by atoms with Crippen LogP contribution >= 0.6 is 0 Å².